The first-order valence-corrected chi connectivity index (χ1v) is 7.37. The summed E-state index contributed by atoms with van der Waals surface area (Å²) in [6.07, 6.45) is -0.899. The Hall–Kier alpha value is -1.62. The maximum Gasteiger partial charge on any atom is 0.179 e. The predicted molar refractivity (Wildman–Crippen MR) is 70.3 cm³/mol. The zero-order valence-electron chi connectivity index (χ0n) is 10.3. The lowest BCUT2D eigenvalue weighted by molar-refractivity contribution is 0.105. The van der Waals surface area contributed by atoms with Crippen molar-refractivity contribution in [1.82, 2.24) is 0 Å². The molecule has 0 heterocycles. The Morgan fingerprint density at radius 2 is 1.95 bits per heavy atom. The number of rotatable bonds is 7. The second-order valence-electron chi connectivity index (χ2n) is 3.97. The van der Waals surface area contributed by atoms with Crippen LogP contribution in [0.5, 0.6) is 0 Å². The van der Waals surface area contributed by atoms with E-state index in [2.05, 4.69) is 5.32 Å². The first kappa shape index (κ1) is 15.4. The van der Waals surface area contributed by atoms with E-state index in [1.165, 1.54) is 12.1 Å². The smallest absolute Gasteiger partial charge is 0.179 e. The minimum Gasteiger partial charge on any atom is -0.394 e. The van der Waals surface area contributed by atoms with Crippen LogP contribution < -0.4 is 5.32 Å². The molecule has 1 aromatic carbocycles. The second-order valence-corrected chi connectivity index (χ2v) is 6.08. The lowest BCUT2D eigenvalue weighted by atomic mass is 10.3. The molecule has 0 amide bonds. The summed E-state index contributed by atoms with van der Waals surface area (Å²) in [5.74, 6) is -0.195. The maximum absolute atomic E-state index is 11.8. The Labute approximate surface area is 112 Å². The van der Waals surface area contributed by atoms with Gasteiger partial charge in [0.2, 0.25) is 0 Å². The van der Waals surface area contributed by atoms with Crippen LogP contribution in [0.2, 0.25) is 0 Å². The van der Waals surface area contributed by atoms with Gasteiger partial charge in [0.1, 0.15) is 0 Å². The van der Waals surface area contributed by atoms with Crippen molar-refractivity contribution in [3.05, 3.63) is 24.3 Å². The van der Waals surface area contributed by atoms with Crippen molar-refractivity contribution in [1.29, 1.82) is 5.26 Å². The molecular weight excluding hydrogens is 268 g/mol. The summed E-state index contributed by atoms with van der Waals surface area (Å²) in [4.78, 5) is 0.163. The normalized spacial score (nSPS) is 12.7. The Kier molecular flexibility index (Phi) is 5.76. The Bertz CT molecular complexity index is 534. The molecule has 3 N–H and O–H groups in total. The molecule has 0 aliphatic heterocycles. The molecule has 0 saturated carbocycles. The minimum atomic E-state index is -3.41. The third-order valence-electron chi connectivity index (χ3n) is 2.45. The molecule has 0 aliphatic rings. The number of aliphatic hydroxyl groups excluding tert-OH is 2. The number of hydrogen-bond donors (Lipinski definition) is 3. The first-order chi connectivity index (χ1) is 8.99. The summed E-state index contributed by atoms with van der Waals surface area (Å²) in [5, 5.41) is 29.1. The van der Waals surface area contributed by atoms with Gasteiger partial charge in [0, 0.05) is 18.7 Å². The van der Waals surface area contributed by atoms with Gasteiger partial charge in [-0.25, -0.2) is 8.42 Å². The van der Waals surface area contributed by atoms with Crippen LogP contribution in [0.15, 0.2) is 29.2 Å². The van der Waals surface area contributed by atoms with Gasteiger partial charge >= 0.3 is 0 Å². The molecule has 1 aromatic rings. The van der Waals surface area contributed by atoms with Gasteiger partial charge in [-0.05, 0) is 24.3 Å². The summed E-state index contributed by atoms with van der Waals surface area (Å²) < 4.78 is 23.5. The van der Waals surface area contributed by atoms with Crippen LogP contribution in [0.3, 0.4) is 0 Å². The predicted octanol–water partition coefficient (Wildman–Crippen LogP) is 0.139. The number of hydrogen-bond acceptors (Lipinski definition) is 6. The molecular formula is C12H16N2O4S. The van der Waals surface area contributed by atoms with Gasteiger partial charge in [0.15, 0.2) is 9.84 Å². The fraction of sp³-hybridized carbons (Fsp3) is 0.417. The Balaban J connectivity index is 2.69. The van der Waals surface area contributed by atoms with Crippen molar-refractivity contribution < 1.29 is 18.6 Å². The number of nitriles is 1. The molecule has 6 nitrogen and oxygen atoms in total. The molecule has 1 unspecified atom stereocenters. The number of sulfone groups is 1. The largest absolute Gasteiger partial charge is 0.394 e. The van der Waals surface area contributed by atoms with E-state index in [-0.39, 0.29) is 30.2 Å². The van der Waals surface area contributed by atoms with Gasteiger partial charge in [0.05, 0.1) is 29.4 Å². The molecule has 19 heavy (non-hydrogen) atoms. The summed E-state index contributed by atoms with van der Waals surface area (Å²) in [6, 6.07) is 7.84. The minimum absolute atomic E-state index is 0.0367. The average Bonchev–Trinajstić information content (AvgIpc) is 2.43. The fourth-order valence-corrected chi connectivity index (χ4v) is 2.52. The fourth-order valence-electron chi connectivity index (χ4n) is 1.38. The van der Waals surface area contributed by atoms with Gasteiger partial charge in [-0.3, -0.25) is 0 Å². The van der Waals surface area contributed by atoms with Crippen molar-refractivity contribution in [3.8, 4) is 6.07 Å². The van der Waals surface area contributed by atoms with Crippen LogP contribution in [0.25, 0.3) is 0 Å². The van der Waals surface area contributed by atoms with Gasteiger partial charge < -0.3 is 15.5 Å². The van der Waals surface area contributed by atoms with E-state index in [9.17, 15) is 8.42 Å². The van der Waals surface area contributed by atoms with Crippen molar-refractivity contribution in [2.24, 2.45) is 0 Å². The van der Waals surface area contributed by atoms with Crippen LogP contribution in [0, 0.1) is 11.3 Å². The van der Waals surface area contributed by atoms with Crippen molar-refractivity contribution in [2.75, 3.05) is 24.2 Å². The molecule has 104 valence electrons. The van der Waals surface area contributed by atoms with E-state index in [0.29, 0.717) is 5.69 Å². The molecule has 0 bridgehead atoms. The van der Waals surface area contributed by atoms with E-state index in [1.54, 1.807) is 18.2 Å². The molecule has 0 aromatic heterocycles. The van der Waals surface area contributed by atoms with Crippen LogP contribution in [-0.2, 0) is 9.84 Å². The SMILES string of the molecule is N#CCCS(=O)(=O)c1ccc(NCC(O)CO)cc1. The van der Waals surface area contributed by atoms with Gasteiger partial charge in [-0.2, -0.15) is 5.26 Å². The monoisotopic (exact) mass is 284 g/mol. The van der Waals surface area contributed by atoms with Crippen molar-refractivity contribution in [2.45, 2.75) is 17.4 Å². The molecule has 0 spiro atoms. The molecule has 0 radical (unpaired) electrons. The van der Waals surface area contributed by atoms with E-state index in [0.717, 1.165) is 0 Å². The van der Waals surface area contributed by atoms with Crippen LogP contribution in [-0.4, -0.2) is 43.6 Å². The quantitative estimate of drug-likeness (QED) is 0.657. The molecule has 7 heteroatoms. The van der Waals surface area contributed by atoms with E-state index in [1.807, 2.05) is 0 Å². The van der Waals surface area contributed by atoms with Crippen LogP contribution in [0.4, 0.5) is 5.69 Å². The zero-order chi connectivity index (χ0) is 14.3. The second kappa shape index (κ2) is 7.09. The summed E-state index contributed by atoms with van der Waals surface area (Å²) in [5.41, 5.74) is 0.645. The van der Waals surface area contributed by atoms with Crippen LogP contribution in [0.1, 0.15) is 6.42 Å². The summed E-state index contributed by atoms with van der Waals surface area (Å²) in [7, 11) is -3.41. The number of benzene rings is 1. The lowest BCUT2D eigenvalue weighted by Crippen LogP contribution is -2.22. The molecule has 0 fully saturated rings. The van der Waals surface area contributed by atoms with Gasteiger partial charge in [-0.15, -0.1) is 0 Å². The van der Waals surface area contributed by atoms with Crippen molar-refractivity contribution >= 4 is 15.5 Å². The van der Waals surface area contributed by atoms with Gasteiger partial charge in [0.25, 0.3) is 0 Å². The highest BCUT2D eigenvalue weighted by molar-refractivity contribution is 7.91. The van der Waals surface area contributed by atoms with Gasteiger partial charge in [-0.1, -0.05) is 0 Å². The van der Waals surface area contributed by atoms with E-state index < -0.39 is 15.9 Å². The van der Waals surface area contributed by atoms with Crippen LogP contribution >= 0.6 is 0 Å². The maximum atomic E-state index is 11.8. The van der Waals surface area contributed by atoms with E-state index >= 15 is 0 Å². The number of nitrogens with one attached hydrogen (secondary N) is 1. The average molecular weight is 284 g/mol. The summed E-state index contributed by atoms with van der Waals surface area (Å²) >= 11 is 0. The zero-order valence-corrected chi connectivity index (χ0v) is 11.1. The highest BCUT2D eigenvalue weighted by Gasteiger charge is 2.13. The Morgan fingerprint density at radius 3 is 2.47 bits per heavy atom. The first-order valence-electron chi connectivity index (χ1n) is 5.72. The number of anilines is 1. The molecule has 1 atom stereocenters. The molecule has 0 aliphatic carbocycles. The standard InChI is InChI=1S/C12H16N2O4S/c13-6-1-7-19(17,18)12-4-2-10(3-5-12)14-8-11(16)9-15/h2-5,11,14-16H,1,7-9H2. The highest BCUT2D eigenvalue weighted by Crippen LogP contribution is 2.16. The third kappa shape index (κ3) is 4.87. The third-order valence-corrected chi connectivity index (χ3v) is 4.18. The summed E-state index contributed by atoms with van der Waals surface area (Å²) in [6.45, 7) is -0.162. The van der Waals surface area contributed by atoms with E-state index in [4.69, 9.17) is 15.5 Å². The number of nitrogens with zero attached hydrogens (tertiary/aromatic N) is 1. The Morgan fingerprint density at radius 1 is 1.32 bits per heavy atom. The molecule has 1 rings (SSSR count). The lowest BCUT2D eigenvalue weighted by Gasteiger charge is -2.10. The van der Waals surface area contributed by atoms with Crippen molar-refractivity contribution in [3.63, 3.8) is 0 Å². The number of aliphatic hydroxyl groups is 2. The topological polar surface area (TPSA) is 110 Å². The highest BCUT2D eigenvalue weighted by atomic mass is 32.2. The molecule has 0 saturated heterocycles.